The zero-order chi connectivity index (χ0) is 16.1. The summed E-state index contributed by atoms with van der Waals surface area (Å²) in [5, 5.41) is 9.01. The molecule has 2 amide bonds. The van der Waals surface area contributed by atoms with Crippen LogP contribution in [-0.2, 0) is 11.2 Å². The number of amides is 2. The van der Waals surface area contributed by atoms with Crippen LogP contribution in [0.5, 0.6) is 0 Å². The Hall–Kier alpha value is -1.92. The Morgan fingerprint density at radius 2 is 2.22 bits per heavy atom. The number of thiazole rings is 1. The van der Waals surface area contributed by atoms with E-state index in [0.29, 0.717) is 13.2 Å². The number of carbonyl (C=O) groups excluding carboxylic acids is 1. The molecule has 2 heterocycles. The van der Waals surface area contributed by atoms with Crippen LogP contribution in [0.1, 0.15) is 28.8 Å². The molecule has 2 aromatic rings. The molecule has 122 valence electrons. The van der Waals surface area contributed by atoms with Crippen LogP contribution in [0, 0.1) is 6.92 Å². The van der Waals surface area contributed by atoms with Crippen LogP contribution in [0.2, 0.25) is 0 Å². The van der Waals surface area contributed by atoms with Gasteiger partial charge in [-0.3, -0.25) is 0 Å². The summed E-state index contributed by atoms with van der Waals surface area (Å²) in [6, 6.07) is 9.90. The summed E-state index contributed by atoms with van der Waals surface area (Å²) in [6.07, 6.45) is 1.52. The van der Waals surface area contributed by atoms with Crippen molar-refractivity contribution < 1.29 is 9.53 Å². The molecule has 0 bridgehead atoms. The van der Waals surface area contributed by atoms with Gasteiger partial charge in [0.05, 0.1) is 16.7 Å². The number of carbonyl (C=O) groups is 1. The predicted molar refractivity (Wildman–Crippen MR) is 90.6 cm³/mol. The van der Waals surface area contributed by atoms with Crippen LogP contribution >= 0.6 is 11.3 Å². The lowest BCUT2D eigenvalue weighted by atomic mass is 10.0. The second kappa shape index (κ2) is 7.57. The van der Waals surface area contributed by atoms with E-state index in [4.69, 9.17) is 4.74 Å². The maximum absolute atomic E-state index is 12.1. The molecule has 1 aliphatic rings. The molecule has 3 rings (SSSR count). The number of urea groups is 1. The van der Waals surface area contributed by atoms with Gasteiger partial charge in [-0.05, 0) is 18.9 Å². The summed E-state index contributed by atoms with van der Waals surface area (Å²) in [5.74, 6) is 0. The van der Waals surface area contributed by atoms with Crippen molar-refractivity contribution in [3.05, 3.63) is 52.0 Å². The molecule has 6 heteroatoms. The lowest BCUT2D eigenvalue weighted by Crippen LogP contribution is -2.43. The summed E-state index contributed by atoms with van der Waals surface area (Å²) in [4.78, 5) is 16.5. The Morgan fingerprint density at radius 3 is 2.96 bits per heavy atom. The molecule has 0 saturated carbocycles. The van der Waals surface area contributed by atoms with E-state index in [1.54, 1.807) is 11.3 Å². The highest BCUT2D eigenvalue weighted by Gasteiger charge is 2.30. The Balaban J connectivity index is 1.47. The lowest BCUT2D eigenvalue weighted by Gasteiger charge is -2.20. The number of aryl methyl sites for hydroxylation is 1. The van der Waals surface area contributed by atoms with E-state index < -0.39 is 0 Å². The highest BCUT2D eigenvalue weighted by molar-refractivity contribution is 7.09. The van der Waals surface area contributed by atoms with Crippen molar-refractivity contribution in [1.82, 2.24) is 15.6 Å². The molecule has 23 heavy (non-hydrogen) atoms. The second-order valence-corrected chi connectivity index (χ2v) is 6.67. The van der Waals surface area contributed by atoms with Crippen LogP contribution in [0.3, 0.4) is 0 Å². The number of hydrogen-bond donors (Lipinski definition) is 2. The van der Waals surface area contributed by atoms with Gasteiger partial charge in [0.25, 0.3) is 0 Å². The molecule has 2 atom stereocenters. The Labute approximate surface area is 140 Å². The van der Waals surface area contributed by atoms with Crippen molar-refractivity contribution in [2.45, 2.75) is 31.9 Å². The Morgan fingerprint density at radius 1 is 1.39 bits per heavy atom. The topological polar surface area (TPSA) is 63.2 Å². The van der Waals surface area contributed by atoms with Crippen molar-refractivity contribution in [1.29, 1.82) is 0 Å². The third-order valence-electron chi connectivity index (χ3n) is 3.87. The lowest BCUT2D eigenvalue weighted by molar-refractivity contribution is 0.0999. The molecule has 1 saturated heterocycles. The summed E-state index contributed by atoms with van der Waals surface area (Å²) in [5.41, 5.74) is 2.13. The minimum Gasteiger partial charge on any atom is -0.371 e. The van der Waals surface area contributed by atoms with Gasteiger partial charge in [0.15, 0.2) is 0 Å². The normalized spacial score (nSPS) is 20.4. The Bertz CT molecular complexity index is 644. The quantitative estimate of drug-likeness (QED) is 0.885. The van der Waals surface area contributed by atoms with E-state index in [2.05, 4.69) is 15.6 Å². The van der Waals surface area contributed by atoms with Gasteiger partial charge >= 0.3 is 6.03 Å². The van der Waals surface area contributed by atoms with Gasteiger partial charge in [0.1, 0.15) is 6.10 Å². The van der Waals surface area contributed by atoms with Crippen LogP contribution in [-0.4, -0.2) is 30.2 Å². The van der Waals surface area contributed by atoms with Gasteiger partial charge in [0.2, 0.25) is 0 Å². The van der Waals surface area contributed by atoms with E-state index >= 15 is 0 Å². The summed E-state index contributed by atoms with van der Waals surface area (Å²) in [6.45, 7) is 3.24. The van der Waals surface area contributed by atoms with Gasteiger partial charge in [-0.1, -0.05) is 30.3 Å². The minimum atomic E-state index is -0.145. The number of nitrogens with zero attached hydrogens (tertiary/aromatic N) is 1. The number of benzene rings is 1. The fraction of sp³-hybridized carbons (Fsp3) is 0.412. The molecule has 0 unspecified atom stereocenters. The van der Waals surface area contributed by atoms with Crippen LogP contribution < -0.4 is 10.6 Å². The van der Waals surface area contributed by atoms with Crippen LogP contribution in [0.4, 0.5) is 4.79 Å². The van der Waals surface area contributed by atoms with Gasteiger partial charge < -0.3 is 15.4 Å². The van der Waals surface area contributed by atoms with E-state index in [9.17, 15) is 4.79 Å². The van der Waals surface area contributed by atoms with Crippen molar-refractivity contribution in [2.75, 3.05) is 13.2 Å². The molecule has 1 aromatic carbocycles. The van der Waals surface area contributed by atoms with Gasteiger partial charge in [0, 0.05) is 25.0 Å². The predicted octanol–water partition coefficient (Wildman–Crippen LogP) is 2.82. The third-order valence-corrected chi connectivity index (χ3v) is 4.69. The molecular weight excluding hydrogens is 310 g/mol. The molecular formula is C17H21N3O2S. The van der Waals surface area contributed by atoms with Crippen LogP contribution in [0.25, 0.3) is 0 Å². The van der Waals surface area contributed by atoms with Crippen molar-refractivity contribution >= 4 is 17.4 Å². The summed E-state index contributed by atoms with van der Waals surface area (Å²) < 4.78 is 5.78. The van der Waals surface area contributed by atoms with Crippen LogP contribution in [0.15, 0.2) is 35.7 Å². The molecule has 0 aliphatic carbocycles. The maximum Gasteiger partial charge on any atom is 0.315 e. The highest BCUT2D eigenvalue weighted by atomic mass is 32.1. The van der Waals surface area contributed by atoms with Crippen molar-refractivity contribution in [3.8, 4) is 0 Å². The monoisotopic (exact) mass is 331 g/mol. The standard InChI is InChI=1S/C17H21N3O2S/c1-12-19-14(11-23-12)7-9-18-17(21)20-15-8-10-22-16(15)13-5-3-2-4-6-13/h2-6,11,15-16H,7-10H2,1H3,(H2,18,20,21)/t15-,16-/m1/s1. The van der Waals surface area contributed by atoms with E-state index in [1.165, 1.54) is 0 Å². The Kier molecular flexibility index (Phi) is 5.25. The number of ether oxygens (including phenoxy) is 1. The fourth-order valence-electron chi connectivity index (χ4n) is 2.76. The highest BCUT2D eigenvalue weighted by Crippen LogP contribution is 2.28. The molecule has 0 spiro atoms. The van der Waals surface area contributed by atoms with E-state index in [-0.39, 0.29) is 18.2 Å². The molecule has 5 nitrogen and oxygen atoms in total. The first-order chi connectivity index (χ1) is 11.2. The van der Waals surface area contributed by atoms with Crippen molar-refractivity contribution in [3.63, 3.8) is 0 Å². The number of aromatic nitrogens is 1. The molecule has 0 radical (unpaired) electrons. The molecule has 1 aliphatic heterocycles. The smallest absolute Gasteiger partial charge is 0.315 e. The maximum atomic E-state index is 12.1. The first-order valence-electron chi connectivity index (χ1n) is 7.84. The number of rotatable bonds is 5. The number of hydrogen-bond acceptors (Lipinski definition) is 4. The average Bonchev–Trinajstić information content (AvgIpc) is 3.17. The first kappa shape index (κ1) is 16.0. The molecule has 2 N–H and O–H groups in total. The fourth-order valence-corrected chi connectivity index (χ4v) is 3.40. The number of nitrogens with one attached hydrogen (secondary N) is 2. The van der Waals surface area contributed by atoms with Gasteiger partial charge in [-0.25, -0.2) is 9.78 Å². The van der Waals surface area contributed by atoms with E-state index in [1.807, 2.05) is 42.6 Å². The SMILES string of the molecule is Cc1nc(CCNC(=O)N[C@@H]2CCO[C@@H]2c2ccccc2)cs1. The summed E-state index contributed by atoms with van der Waals surface area (Å²) >= 11 is 1.63. The minimum absolute atomic E-state index is 0.0129. The van der Waals surface area contributed by atoms with Gasteiger partial charge in [-0.2, -0.15) is 0 Å². The second-order valence-electron chi connectivity index (χ2n) is 5.61. The molecule has 1 aromatic heterocycles. The zero-order valence-electron chi connectivity index (χ0n) is 13.1. The van der Waals surface area contributed by atoms with E-state index in [0.717, 1.165) is 29.1 Å². The average molecular weight is 331 g/mol. The zero-order valence-corrected chi connectivity index (χ0v) is 13.9. The largest absolute Gasteiger partial charge is 0.371 e. The first-order valence-corrected chi connectivity index (χ1v) is 8.72. The van der Waals surface area contributed by atoms with Gasteiger partial charge in [-0.15, -0.1) is 11.3 Å². The summed E-state index contributed by atoms with van der Waals surface area (Å²) in [7, 11) is 0. The third kappa shape index (κ3) is 4.30. The molecule has 1 fully saturated rings. The van der Waals surface area contributed by atoms with Crippen molar-refractivity contribution in [2.24, 2.45) is 0 Å².